The smallest absolute Gasteiger partial charge is 0.417 e. The third-order valence-corrected chi connectivity index (χ3v) is 6.20. The Bertz CT molecular complexity index is 1020. The van der Waals surface area contributed by atoms with Crippen molar-refractivity contribution in [3.63, 3.8) is 0 Å². The number of methoxy groups -OCH3 is 1. The third-order valence-electron chi connectivity index (χ3n) is 3.62. The van der Waals surface area contributed by atoms with Gasteiger partial charge in [-0.1, -0.05) is 23.2 Å². The topological polar surface area (TPSA) is 116 Å². The average Bonchev–Trinajstić information content (AvgIpc) is 2.68. The van der Waals surface area contributed by atoms with Gasteiger partial charge in [0, 0.05) is 0 Å². The molecule has 1 atom stereocenters. The van der Waals surface area contributed by atoms with Crippen LogP contribution < -0.4 is 9.47 Å². The Labute approximate surface area is 176 Å². The molecule has 0 aliphatic rings. The van der Waals surface area contributed by atoms with Crippen LogP contribution in [-0.2, 0) is 24.2 Å². The van der Waals surface area contributed by atoms with Crippen molar-refractivity contribution in [1.82, 2.24) is 0 Å². The minimum atomic E-state index is -4.04. The van der Waals surface area contributed by atoms with Gasteiger partial charge in [0.25, 0.3) is 0 Å². The van der Waals surface area contributed by atoms with Gasteiger partial charge in [0.1, 0.15) is 28.4 Å². The number of hydrogen-bond acceptors (Lipinski definition) is 7. The van der Waals surface area contributed by atoms with E-state index in [9.17, 15) is 18.0 Å². The molecule has 2 aromatic rings. The zero-order valence-electron chi connectivity index (χ0n) is 15.2. The highest BCUT2D eigenvalue weighted by Crippen LogP contribution is 2.40. The van der Waals surface area contributed by atoms with Crippen LogP contribution in [0.4, 0.5) is 0 Å². The van der Waals surface area contributed by atoms with Crippen LogP contribution in [0.15, 0.2) is 46.2 Å². The molecular weight excluding hydrogens is 447 g/mol. The van der Waals surface area contributed by atoms with Gasteiger partial charge in [-0.05, 0) is 43.3 Å². The van der Waals surface area contributed by atoms with Gasteiger partial charge < -0.3 is 19.3 Å². The first-order valence-corrected chi connectivity index (χ1v) is 10.3. The van der Waals surface area contributed by atoms with Crippen molar-refractivity contribution < 1.29 is 37.3 Å². The summed E-state index contributed by atoms with van der Waals surface area (Å²) in [7, 11) is -2.59. The number of rotatable bonds is 7. The molecule has 2 aromatic carbocycles. The molecule has 0 aromatic heterocycles. The van der Waals surface area contributed by atoms with Gasteiger partial charge in [-0.2, -0.15) is 0 Å². The molecule has 0 spiro atoms. The second-order valence-corrected chi connectivity index (χ2v) is 8.40. The molecular formula is C18H16Cl2O8S. The van der Waals surface area contributed by atoms with E-state index in [4.69, 9.17) is 37.8 Å². The van der Waals surface area contributed by atoms with Crippen molar-refractivity contribution in [1.29, 1.82) is 0 Å². The fraction of sp³-hybridized carbons (Fsp3) is 0.222. The normalized spacial score (nSPS) is 12.1. The standard InChI is InChI=1S/C18H16Cl2O8S/c1-10(28-18(23)17(21)22)9-27-16-14(8-7-13(19)15(16)20)29(24,25)12-5-3-11(26-2)4-6-12/h3-8,10H,9H2,1-2H3,(H,21,22). The summed E-state index contributed by atoms with van der Waals surface area (Å²) in [6.07, 6.45) is -0.995. The molecule has 156 valence electrons. The van der Waals surface area contributed by atoms with Crippen LogP contribution in [0.3, 0.4) is 0 Å². The summed E-state index contributed by atoms with van der Waals surface area (Å²) in [5, 5.41) is 8.46. The first-order chi connectivity index (χ1) is 13.6. The van der Waals surface area contributed by atoms with E-state index in [0.717, 1.165) is 0 Å². The summed E-state index contributed by atoms with van der Waals surface area (Å²) in [5.41, 5.74) is 0. The molecule has 8 nitrogen and oxygen atoms in total. The molecule has 1 unspecified atom stereocenters. The fourth-order valence-corrected chi connectivity index (χ4v) is 4.03. The average molecular weight is 463 g/mol. The molecule has 0 bridgehead atoms. The van der Waals surface area contributed by atoms with Crippen LogP contribution in [0.2, 0.25) is 10.0 Å². The summed E-state index contributed by atoms with van der Waals surface area (Å²) < 4.78 is 41.2. The molecule has 0 fully saturated rings. The second kappa shape index (κ2) is 9.34. The largest absolute Gasteiger partial charge is 0.497 e. The summed E-state index contributed by atoms with van der Waals surface area (Å²) in [6, 6.07) is 8.23. The number of carboxylic acid groups (broad SMARTS) is 1. The van der Waals surface area contributed by atoms with Gasteiger partial charge in [-0.25, -0.2) is 18.0 Å². The van der Waals surface area contributed by atoms with Crippen LogP contribution in [0, 0.1) is 0 Å². The Morgan fingerprint density at radius 2 is 1.72 bits per heavy atom. The van der Waals surface area contributed by atoms with Crippen molar-refractivity contribution in [3.05, 3.63) is 46.4 Å². The number of hydrogen-bond donors (Lipinski definition) is 1. The van der Waals surface area contributed by atoms with Crippen molar-refractivity contribution in [2.45, 2.75) is 22.8 Å². The number of halogens is 2. The zero-order chi connectivity index (χ0) is 21.8. The Morgan fingerprint density at radius 3 is 2.28 bits per heavy atom. The number of carbonyl (C=O) groups is 2. The fourth-order valence-electron chi connectivity index (χ4n) is 2.21. The van der Waals surface area contributed by atoms with Gasteiger partial charge in [-0.15, -0.1) is 0 Å². The van der Waals surface area contributed by atoms with Crippen LogP contribution >= 0.6 is 23.2 Å². The number of benzene rings is 2. The molecule has 0 saturated heterocycles. The van der Waals surface area contributed by atoms with Gasteiger partial charge in [0.05, 0.1) is 17.0 Å². The number of ether oxygens (including phenoxy) is 3. The Morgan fingerprint density at radius 1 is 1.10 bits per heavy atom. The van der Waals surface area contributed by atoms with Crippen molar-refractivity contribution in [3.8, 4) is 11.5 Å². The van der Waals surface area contributed by atoms with E-state index >= 15 is 0 Å². The minimum Gasteiger partial charge on any atom is -0.497 e. The Hall–Kier alpha value is -2.49. The molecule has 11 heteroatoms. The van der Waals surface area contributed by atoms with Crippen molar-refractivity contribution >= 4 is 45.0 Å². The lowest BCUT2D eigenvalue weighted by Crippen LogP contribution is -2.26. The quantitative estimate of drug-likeness (QED) is 0.492. The number of sulfone groups is 1. The predicted octanol–water partition coefficient (Wildman–Crippen LogP) is 3.23. The van der Waals surface area contributed by atoms with E-state index in [2.05, 4.69) is 4.74 Å². The van der Waals surface area contributed by atoms with Crippen LogP contribution in [-0.4, -0.2) is 45.3 Å². The molecule has 0 radical (unpaired) electrons. The molecule has 0 aliphatic carbocycles. The lowest BCUT2D eigenvalue weighted by atomic mass is 10.3. The molecule has 29 heavy (non-hydrogen) atoms. The maximum absolute atomic E-state index is 13.0. The summed E-state index contributed by atoms with van der Waals surface area (Å²) in [4.78, 5) is 21.4. The number of esters is 1. The monoisotopic (exact) mass is 462 g/mol. The molecule has 2 rings (SSSR count). The maximum atomic E-state index is 13.0. The highest BCUT2D eigenvalue weighted by Gasteiger charge is 2.26. The molecule has 0 saturated carbocycles. The lowest BCUT2D eigenvalue weighted by Gasteiger charge is -2.17. The Kier molecular flexibility index (Phi) is 7.34. The highest BCUT2D eigenvalue weighted by molar-refractivity contribution is 7.91. The van der Waals surface area contributed by atoms with Gasteiger partial charge >= 0.3 is 11.9 Å². The molecule has 1 N–H and O–H groups in total. The SMILES string of the molecule is COc1ccc(S(=O)(=O)c2ccc(Cl)c(Cl)c2OCC(C)OC(=O)C(=O)O)cc1. The van der Waals surface area contributed by atoms with E-state index < -0.39 is 27.9 Å². The maximum Gasteiger partial charge on any atom is 0.417 e. The number of carboxylic acids is 1. The molecule has 0 aliphatic heterocycles. The predicted molar refractivity (Wildman–Crippen MR) is 104 cm³/mol. The Balaban J connectivity index is 2.37. The lowest BCUT2D eigenvalue weighted by molar-refractivity contribution is -0.167. The molecule has 0 heterocycles. The first kappa shape index (κ1) is 22.8. The third kappa shape index (κ3) is 5.31. The number of carbonyl (C=O) groups excluding carboxylic acids is 1. The van der Waals surface area contributed by atoms with E-state index in [-0.39, 0.29) is 32.2 Å². The summed E-state index contributed by atoms with van der Waals surface area (Å²) in [5.74, 6) is -3.00. The van der Waals surface area contributed by atoms with Crippen molar-refractivity contribution in [2.24, 2.45) is 0 Å². The van der Waals surface area contributed by atoms with Gasteiger partial charge in [0.15, 0.2) is 5.75 Å². The molecule has 0 amide bonds. The van der Waals surface area contributed by atoms with Gasteiger partial charge in [-0.3, -0.25) is 0 Å². The second-order valence-electron chi connectivity index (χ2n) is 5.70. The van der Waals surface area contributed by atoms with Crippen LogP contribution in [0.5, 0.6) is 11.5 Å². The van der Waals surface area contributed by atoms with E-state index in [0.29, 0.717) is 5.75 Å². The number of aliphatic carboxylic acids is 1. The van der Waals surface area contributed by atoms with E-state index in [1.165, 1.54) is 50.4 Å². The summed E-state index contributed by atoms with van der Waals surface area (Å²) in [6.45, 7) is 1.02. The van der Waals surface area contributed by atoms with E-state index in [1.807, 2.05) is 0 Å². The van der Waals surface area contributed by atoms with E-state index in [1.54, 1.807) is 0 Å². The van der Waals surface area contributed by atoms with Crippen molar-refractivity contribution in [2.75, 3.05) is 13.7 Å². The van der Waals surface area contributed by atoms with Crippen LogP contribution in [0.25, 0.3) is 0 Å². The highest BCUT2D eigenvalue weighted by atomic mass is 35.5. The zero-order valence-corrected chi connectivity index (χ0v) is 17.5. The van der Waals surface area contributed by atoms with Gasteiger partial charge in [0.2, 0.25) is 9.84 Å². The minimum absolute atomic E-state index is 0.0353. The first-order valence-electron chi connectivity index (χ1n) is 8.01. The van der Waals surface area contributed by atoms with Crippen LogP contribution in [0.1, 0.15) is 6.92 Å². The summed E-state index contributed by atoms with van der Waals surface area (Å²) >= 11 is 12.1.